The van der Waals surface area contributed by atoms with E-state index in [1.807, 2.05) is 6.08 Å². The molecule has 0 aliphatic heterocycles. The summed E-state index contributed by atoms with van der Waals surface area (Å²) in [7, 11) is 1.75. The first-order valence-corrected chi connectivity index (χ1v) is 4.88. The third-order valence-corrected chi connectivity index (χ3v) is 2.41. The predicted octanol–water partition coefficient (Wildman–Crippen LogP) is 3.29. The van der Waals surface area contributed by atoms with E-state index in [0.29, 0.717) is 5.92 Å². The van der Waals surface area contributed by atoms with Crippen LogP contribution in [0.5, 0.6) is 0 Å². The van der Waals surface area contributed by atoms with Crippen molar-refractivity contribution in [2.75, 3.05) is 7.11 Å². The van der Waals surface area contributed by atoms with Gasteiger partial charge in [0.1, 0.15) is 0 Å². The first-order valence-electron chi connectivity index (χ1n) is 4.88. The summed E-state index contributed by atoms with van der Waals surface area (Å²) < 4.78 is 5.31. The Morgan fingerprint density at radius 3 is 2.43 bits per heavy atom. The summed E-state index contributed by atoms with van der Waals surface area (Å²) in [5.41, 5.74) is -0.0113. The Hall–Kier alpha value is 0.942. The zero-order valence-corrected chi connectivity index (χ0v) is 14.5. The molecule has 0 fully saturated rings. The van der Waals surface area contributed by atoms with Crippen molar-refractivity contribution >= 4 is 0 Å². The SMILES string of the molecule is COC(C)(C)CCC[C@H](C)/C=C\O.[Ac]. The quantitative estimate of drug-likeness (QED) is 0.678. The van der Waals surface area contributed by atoms with E-state index in [1.54, 1.807) is 7.11 Å². The van der Waals surface area contributed by atoms with Gasteiger partial charge in [-0.15, -0.1) is 0 Å². The molecule has 1 atom stereocenters. The average Bonchev–Trinajstić information content (AvgIpc) is 2.05. The summed E-state index contributed by atoms with van der Waals surface area (Å²) in [5.74, 6) is 0.456. The van der Waals surface area contributed by atoms with Crippen LogP contribution in [0.4, 0.5) is 0 Å². The molecule has 2 nitrogen and oxygen atoms in total. The second kappa shape index (κ2) is 9.19. The van der Waals surface area contributed by atoms with Crippen LogP contribution in [-0.4, -0.2) is 17.8 Å². The normalized spacial score (nSPS) is 14.0. The number of aliphatic hydroxyl groups is 1. The number of allylic oxidation sites excluding steroid dienone is 1. The predicted molar refractivity (Wildman–Crippen MR) is 55.9 cm³/mol. The third-order valence-electron chi connectivity index (χ3n) is 2.41. The topological polar surface area (TPSA) is 29.5 Å². The molecule has 1 radical (unpaired) electrons. The molecule has 0 bridgehead atoms. The molecule has 81 valence electrons. The summed E-state index contributed by atoms with van der Waals surface area (Å²) >= 11 is 0. The fraction of sp³-hybridized carbons (Fsp3) is 0.818. The zero-order chi connectivity index (χ0) is 10.3. The second-order valence-corrected chi connectivity index (χ2v) is 4.17. The molecule has 0 rings (SSSR count). The van der Waals surface area contributed by atoms with Crippen molar-refractivity contribution in [1.82, 2.24) is 0 Å². The molecule has 0 saturated carbocycles. The molecule has 1 N–H and O–H groups in total. The number of methoxy groups -OCH3 is 1. The molecule has 0 saturated heterocycles. The van der Waals surface area contributed by atoms with Gasteiger partial charge in [0.15, 0.2) is 0 Å². The zero-order valence-electron chi connectivity index (χ0n) is 9.79. The van der Waals surface area contributed by atoms with Crippen LogP contribution in [0.3, 0.4) is 0 Å². The van der Waals surface area contributed by atoms with Gasteiger partial charge in [0.05, 0.1) is 11.9 Å². The Morgan fingerprint density at radius 2 is 2.00 bits per heavy atom. The van der Waals surface area contributed by atoms with Crippen molar-refractivity contribution < 1.29 is 53.9 Å². The van der Waals surface area contributed by atoms with Crippen LogP contribution in [0.1, 0.15) is 40.0 Å². The molecule has 0 spiro atoms. The van der Waals surface area contributed by atoms with Gasteiger partial charge in [-0.25, -0.2) is 0 Å². The van der Waals surface area contributed by atoms with Crippen LogP contribution in [0, 0.1) is 50.0 Å². The largest absolute Gasteiger partial charge is 0.516 e. The van der Waals surface area contributed by atoms with Crippen LogP contribution in [0.25, 0.3) is 0 Å². The van der Waals surface area contributed by atoms with Gasteiger partial charge in [0.2, 0.25) is 0 Å². The van der Waals surface area contributed by atoms with Gasteiger partial charge in [0.25, 0.3) is 0 Å². The summed E-state index contributed by atoms with van der Waals surface area (Å²) in [6, 6.07) is 0. The minimum absolute atomic E-state index is 0. The van der Waals surface area contributed by atoms with Gasteiger partial charge in [0, 0.05) is 51.2 Å². The van der Waals surface area contributed by atoms with E-state index in [-0.39, 0.29) is 49.7 Å². The minimum Gasteiger partial charge on any atom is -0.516 e. The maximum Gasteiger partial charge on any atom is 0.0754 e. The van der Waals surface area contributed by atoms with Crippen LogP contribution in [0.15, 0.2) is 12.3 Å². The molecular weight excluding hydrogens is 391 g/mol. The fourth-order valence-electron chi connectivity index (χ4n) is 1.19. The molecule has 0 aliphatic rings. The standard InChI is InChI=1S/C11H22O2.Ac/c1-10(7-9-12)6-5-8-11(2,3)13-4;/h7,9-10,12H,5-6,8H2,1-4H3;/b9-7-;/t10-;/m0./s1. The number of rotatable bonds is 6. The van der Waals surface area contributed by atoms with Gasteiger partial charge < -0.3 is 9.84 Å². The summed E-state index contributed by atoms with van der Waals surface area (Å²) in [5, 5.41) is 8.54. The Morgan fingerprint density at radius 1 is 1.43 bits per heavy atom. The van der Waals surface area contributed by atoms with E-state index < -0.39 is 0 Å². The van der Waals surface area contributed by atoms with E-state index in [9.17, 15) is 0 Å². The fourth-order valence-corrected chi connectivity index (χ4v) is 1.19. The first kappa shape index (κ1) is 17.3. The molecule has 0 heterocycles. The monoisotopic (exact) mass is 413 g/mol. The summed E-state index contributed by atoms with van der Waals surface area (Å²) in [6.45, 7) is 6.30. The number of hydrogen-bond acceptors (Lipinski definition) is 2. The van der Waals surface area contributed by atoms with Gasteiger partial charge in [-0.2, -0.15) is 0 Å². The van der Waals surface area contributed by atoms with Crippen LogP contribution < -0.4 is 0 Å². The van der Waals surface area contributed by atoms with Crippen molar-refractivity contribution in [1.29, 1.82) is 0 Å². The molecule has 0 aromatic carbocycles. The minimum atomic E-state index is -0.0113. The molecule has 0 amide bonds. The second-order valence-electron chi connectivity index (χ2n) is 4.17. The third kappa shape index (κ3) is 9.49. The maximum atomic E-state index is 8.54. The number of aliphatic hydroxyl groups excluding tert-OH is 1. The molecule has 0 aromatic heterocycles. The first-order chi connectivity index (χ1) is 6.02. The molecule has 3 heteroatoms. The molecule has 0 unspecified atom stereocenters. The molecular formula is C11H22AcO2. The number of hydrogen-bond donors (Lipinski definition) is 1. The van der Waals surface area contributed by atoms with Crippen molar-refractivity contribution in [3.63, 3.8) is 0 Å². The van der Waals surface area contributed by atoms with Crippen LogP contribution >= 0.6 is 0 Å². The van der Waals surface area contributed by atoms with Gasteiger partial charge in [-0.05, 0) is 38.7 Å². The van der Waals surface area contributed by atoms with E-state index in [2.05, 4.69) is 20.8 Å². The van der Waals surface area contributed by atoms with E-state index in [4.69, 9.17) is 9.84 Å². The van der Waals surface area contributed by atoms with E-state index >= 15 is 0 Å². The van der Waals surface area contributed by atoms with Crippen molar-refractivity contribution in [3.8, 4) is 0 Å². The summed E-state index contributed by atoms with van der Waals surface area (Å²) in [6.07, 6.45) is 6.25. The van der Waals surface area contributed by atoms with Crippen LogP contribution in [0.2, 0.25) is 0 Å². The molecule has 14 heavy (non-hydrogen) atoms. The average molecular weight is 413 g/mol. The van der Waals surface area contributed by atoms with Crippen molar-refractivity contribution in [3.05, 3.63) is 12.3 Å². The smallest absolute Gasteiger partial charge is 0.0754 e. The Bertz CT molecular complexity index is 155. The Balaban J connectivity index is 0. The summed E-state index contributed by atoms with van der Waals surface area (Å²) in [4.78, 5) is 0. The van der Waals surface area contributed by atoms with Gasteiger partial charge in [-0.1, -0.05) is 13.3 Å². The van der Waals surface area contributed by atoms with Gasteiger partial charge in [-0.3, -0.25) is 0 Å². The van der Waals surface area contributed by atoms with Crippen molar-refractivity contribution in [2.45, 2.75) is 45.6 Å². The maximum absolute atomic E-state index is 8.54. The van der Waals surface area contributed by atoms with E-state index in [0.717, 1.165) is 25.5 Å². The molecule has 0 aromatic rings. The Kier molecular flexibility index (Phi) is 11.4. The van der Waals surface area contributed by atoms with Gasteiger partial charge >= 0.3 is 0 Å². The van der Waals surface area contributed by atoms with Crippen LogP contribution in [-0.2, 0) is 4.74 Å². The van der Waals surface area contributed by atoms with Crippen molar-refractivity contribution in [2.24, 2.45) is 5.92 Å². The Labute approximate surface area is 124 Å². The number of ether oxygens (including phenoxy) is 1. The van der Waals surface area contributed by atoms with E-state index in [1.165, 1.54) is 0 Å². The molecule has 0 aliphatic carbocycles.